The van der Waals surface area contributed by atoms with Crippen molar-refractivity contribution in [3.63, 3.8) is 0 Å². The highest BCUT2D eigenvalue weighted by Crippen LogP contribution is 2.36. The molecule has 0 aliphatic carbocycles. The van der Waals surface area contributed by atoms with Crippen molar-refractivity contribution in [3.05, 3.63) is 81.3 Å². The lowest BCUT2D eigenvalue weighted by Crippen LogP contribution is -2.97. The van der Waals surface area contributed by atoms with E-state index in [1.54, 1.807) is 24.3 Å². The second kappa shape index (κ2) is 11.5. The van der Waals surface area contributed by atoms with Gasteiger partial charge in [-0.25, -0.2) is 5.43 Å². The molecule has 0 fully saturated rings. The number of nitrogens with one attached hydrogen (secondary N) is 1. The van der Waals surface area contributed by atoms with Gasteiger partial charge in [-0.1, -0.05) is 43.1 Å². The third-order valence-electron chi connectivity index (χ3n) is 5.50. The van der Waals surface area contributed by atoms with Crippen LogP contribution in [0.3, 0.4) is 0 Å². The number of benzene rings is 2. The first-order valence-electron chi connectivity index (χ1n) is 11.3. The quantitative estimate of drug-likeness (QED) is 0.267. The third-order valence-corrected chi connectivity index (χ3v) is 5.87. The molecule has 1 amide bonds. The van der Waals surface area contributed by atoms with Crippen LogP contribution in [0.1, 0.15) is 42.0 Å². The van der Waals surface area contributed by atoms with Gasteiger partial charge in [-0.05, 0) is 41.8 Å². The zero-order valence-electron chi connectivity index (χ0n) is 20.0. The van der Waals surface area contributed by atoms with Gasteiger partial charge in [0, 0.05) is 18.6 Å². The molecule has 2 aromatic carbocycles. The second-order valence-corrected chi connectivity index (χ2v) is 8.86. The molecule has 0 radical (unpaired) electrons. The van der Waals surface area contributed by atoms with E-state index in [1.807, 2.05) is 6.92 Å². The Hall–Kier alpha value is -3.12. The Labute approximate surface area is 214 Å². The van der Waals surface area contributed by atoms with Gasteiger partial charge in [0.1, 0.15) is 0 Å². The van der Waals surface area contributed by atoms with E-state index in [2.05, 4.69) is 5.43 Å². The van der Waals surface area contributed by atoms with Crippen molar-refractivity contribution in [2.45, 2.75) is 45.2 Å². The van der Waals surface area contributed by atoms with Crippen LogP contribution in [-0.4, -0.2) is 29.5 Å². The fourth-order valence-electron chi connectivity index (χ4n) is 3.60. The van der Waals surface area contributed by atoms with E-state index in [4.69, 9.17) is 16.3 Å². The Bertz CT molecular complexity index is 1120. The van der Waals surface area contributed by atoms with E-state index in [0.29, 0.717) is 29.1 Å². The summed E-state index contributed by atoms with van der Waals surface area (Å²) in [6.07, 6.45) is -8.55. The number of nitrogens with two attached hydrogens (primary N) is 1. The number of rotatable bonds is 9. The Kier molecular flexibility index (Phi) is 8.85. The SMILES string of the molecule is CCCCOC1=C(C(=O)N(C)Cc2ccccc2Cl)N[NH2+]N1Cc1cc(C(F)(F)F)cc(C(F)(F)F)c1. The molecular formula is C24H26ClF6N4O2+. The van der Waals surface area contributed by atoms with Crippen LogP contribution in [0.25, 0.3) is 0 Å². The van der Waals surface area contributed by atoms with Crippen LogP contribution in [0.2, 0.25) is 5.02 Å². The molecule has 0 saturated carbocycles. The lowest BCUT2D eigenvalue weighted by molar-refractivity contribution is -0.830. The van der Waals surface area contributed by atoms with Crippen LogP contribution in [0.5, 0.6) is 0 Å². The number of amides is 1. The van der Waals surface area contributed by atoms with E-state index >= 15 is 0 Å². The van der Waals surface area contributed by atoms with Crippen LogP contribution in [-0.2, 0) is 35.0 Å². The summed E-state index contributed by atoms with van der Waals surface area (Å²) in [6, 6.07) is 8.33. The van der Waals surface area contributed by atoms with E-state index in [0.717, 1.165) is 6.42 Å². The van der Waals surface area contributed by atoms with Crippen LogP contribution in [0, 0.1) is 0 Å². The Balaban J connectivity index is 1.91. The second-order valence-electron chi connectivity index (χ2n) is 8.45. The summed E-state index contributed by atoms with van der Waals surface area (Å²) in [5.74, 6) is -0.486. The topological polar surface area (TPSA) is 61.4 Å². The standard InChI is InChI=1S/C24H25ClF6N4O2/c1-3-4-9-37-22-20(21(36)34(2)14-16-7-5-6-8-19(16)25)32-33-35(22)13-15-10-17(23(26,27)28)12-18(11-15)24(29,30)31/h5-8,10-12,32-33H,3-4,9,13-14H2,1-2H3/p+1. The van der Waals surface area contributed by atoms with Crippen molar-refractivity contribution in [1.82, 2.24) is 15.3 Å². The highest BCUT2D eigenvalue weighted by atomic mass is 35.5. The van der Waals surface area contributed by atoms with Gasteiger partial charge in [0.25, 0.3) is 11.8 Å². The number of halogens is 7. The molecule has 37 heavy (non-hydrogen) atoms. The Morgan fingerprint density at radius 2 is 1.70 bits per heavy atom. The number of quaternary nitrogens is 1. The van der Waals surface area contributed by atoms with E-state index in [-0.39, 0.29) is 36.4 Å². The maximum atomic E-state index is 13.3. The van der Waals surface area contributed by atoms with Crippen molar-refractivity contribution in [3.8, 4) is 0 Å². The largest absolute Gasteiger partial charge is 0.474 e. The average molecular weight is 552 g/mol. The first-order valence-corrected chi connectivity index (χ1v) is 11.7. The summed E-state index contributed by atoms with van der Waals surface area (Å²) in [5.41, 5.74) is 1.65. The number of alkyl halides is 6. The Morgan fingerprint density at radius 3 is 2.27 bits per heavy atom. The molecule has 1 heterocycles. The monoisotopic (exact) mass is 551 g/mol. The number of carbonyl (C=O) groups excluding carboxylic acids is 1. The Morgan fingerprint density at radius 1 is 1.08 bits per heavy atom. The van der Waals surface area contributed by atoms with Crippen LogP contribution >= 0.6 is 11.6 Å². The highest BCUT2D eigenvalue weighted by molar-refractivity contribution is 6.31. The van der Waals surface area contributed by atoms with Gasteiger partial charge in [-0.2, -0.15) is 31.4 Å². The van der Waals surface area contributed by atoms with Crippen molar-refractivity contribution in [1.29, 1.82) is 0 Å². The minimum Gasteiger partial charge on any atom is -0.474 e. The molecule has 202 valence electrons. The van der Waals surface area contributed by atoms with Gasteiger partial charge in [0.05, 0.1) is 24.3 Å². The average Bonchev–Trinajstić information content (AvgIpc) is 3.21. The van der Waals surface area contributed by atoms with Crippen molar-refractivity contribution < 1.29 is 41.4 Å². The number of unbranched alkanes of at least 4 members (excludes halogenated alkanes) is 1. The van der Waals surface area contributed by atoms with Crippen molar-refractivity contribution in [2.24, 2.45) is 0 Å². The molecule has 3 N–H and O–H groups in total. The summed E-state index contributed by atoms with van der Waals surface area (Å²) < 4.78 is 85.6. The molecule has 13 heteroatoms. The maximum absolute atomic E-state index is 13.3. The highest BCUT2D eigenvalue weighted by Gasteiger charge is 2.39. The molecule has 0 spiro atoms. The first-order chi connectivity index (χ1) is 17.3. The zero-order chi connectivity index (χ0) is 27.4. The fourth-order valence-corrected chi connectivity index (χ4v) is 3.79. The molecular weight excluding hydrogens is 526 g/mol. The summed E-state index contributed by atoms with van der Waals surface area (Å²) in [7, 11) is 1.54. The molecule has 0 saturated heterocycles. The van der Waals surface area contributed by atoms with Gasteiger partial charge in [0.15, 0.2) is 0 Å². The van der Waals surface area contributed by atoms with E-state index in [9.17, 15) is 31.1 Å². The normalized spacial score (nSPS) is 14.1. The van der Waals surface area contributed by atoms with Crippen LogP contribution in [0.4, 0.5) is 26.3 Å². The van der Waals surface area contributed by atoms with Gasteiger partial charge >= 0.3 is 12.4 Å². The first kappa shape index (κ1) is 28.5. The van der Waals surface area contributed by atoms with Crippen molar-refractivity contribution in [2.75, 3.05) is 13.7 Å². The number of hydrogen-bond acceptors (Lipinski definition) is 4. The zero-order valence-corrected chi connectivity index (χ0v) is 20.8. The summed E-state index contributed by atoms with van der Waals surface area (Å²) in [4.78, 5) is 14.6. The van der Waals surface area contributed by atoms with Gasteiger partial charge < -0.3 is 9.64 Å². The lowest BCUT2D eigenvalue weighted by Gasteiger charge is -2.20. The molecule has 0 aromatic heterocycles. The maximum Gasteiger partial charge on any atom is 0.416 e. The fraction of sp³-hybridized carbons (Fsp3) is 0.375. The van der Waals surface area contributed by atoms with Gasteiger partial charge in [-0.3, -0.25) is 4.79 Å². The van der Waals surface area contributed by atoms with Crippen LogP contribution < -0.4 is 11.0 Å². The summed E-state index contributed by atoms with van der Waals surface area (Å²) in [5, 5.41) is 1.75. The molecule has 3 rings (SSSR count). The van der Waals surface area contributed by atoms with Crippen LogP contribution in [0.15, 0.2) is 54.0 Å². The molecule has 6 nitrogen and oxygen atoms in total. The predicted octanol–water partition coefficient (Wildman–Crippen LogP) is 4.82. The molecule has 1 aliphatic heterocycles. The number of hydrogen-bond donors (Lipinski definition) is 2. The lowest BCUT2D eigenvalue weighted by atomic mass is 10.0. The molecule has 1 aliphatic rings. The minimum atomic E-state index is -4.97. The number of likely N-dealkylation sites (N-methyl/N-ethyl adjacent to an activating group) is 1. The molecule has 0 bridgehead atoms. The number of carbonyl (C=O) groups is 1. The van der Waals surface area contributed by atoms with Gasteiger partial charge in [-0.15, -0.1) is 5.53 Å². The summed E-state index contributed by atoms with van der Waals surface area (Å²) in [6.45, 7) is 1.87. The minimum absolute atomic E-state index is 0.00803. The third kappa shape index (κ3) is 7.22. The predicted molar refractivity (Wildman–Crippen MR) is 123 cm³/mol. The van der Waals surface area contributed by atoms with Crippen molar-refractivity contribution >= 4 is 17.5 Å². The molecule has 2 aromatic rings. The molecule has 0 atom stereocenters. The molecule has 0 unspecified atom stereocenters. The number of ether oxygens (including phenoxy) is 1. The number of nitrogens with zero attached hydrogens (tertiary/aromatic N) is 2. The van der Waals surface area contributed by atoms with E-state index < -0.39 is 35.9 Å². The van der Waals surface area contributed by atoms with Gasteiger partial charge in [0.2, 0.25) is 5.70 Å². The summed E-state index contributed by atoms with van der Waals surface area (Å²) >= 11 is 6.18. The smallest absolute Gasteiger partial charge is 0.416 e. The van der Waals surface area contributed by atoms with E-state index in [1.165, 1.54) is 22.5 Å².